The maximum absolute atomic E-state index is 11.9. The van der Waals surface area contributed by atoms with Crippen molar-refractivity contribution in [3.63, 3.8) is 0 Å². The predicted octanol–water partition coefficient (Wildman–Crippen LogP) is 1.37. The Bertz CT molecular complexity index is 388. The second-order valence-corrected chi connectivity index (χ2v) is 4.64. The highest BCUT2D eigenvalue weighted by molar-refractivity contribution is 5.83. The Morgan fingerprint density at radius 1 is 1.44 bits per heavy atom. The quantitative estimate of drug-likeness (QED) is 0.827. The summed E-state index contributed by atoms with van der Waals surface area (Å²) in [5, 5.41) is 2.96. The summed E-state index contributed by atoms with van der Waals surface area (Å²) in [4.78, 5) is 11.9. The molecule has 98 valence electrons. The van der Waals surface area contributed by atoms with Crippen molar-refractivity contribution in [2.45, 2.75) is 38.0 Å². The van der Waals surface area contributed by atoms with E-state index in [1.54, 1.807) is 0 Å². The second-order valence-electron chi connectivity index (χ2n) is 4.64. The zero-order valence-corrected chi connectivity index (χ0v) is 10.6. The lowest BCUT2D eigenvalue weighted by Crippen LogP contribution is -2.50. The van der Waals surface area contributed by atoms with E-state index in [9.17, 15) is 4.79 Å². The fourth-order valence-corrected chi connectivity index (χ4v) is 2.16. The van der Waals surface area contributed by atoms with Crippen molar-refractivity contribution in [3.8, 4) is 0 Å². The summed E-state index contributed by atoms with van der Waals surface area (Å²) in [5.41, 5.74) is 6.76. The average molecular weight is 248 g/mol. The summed E-state index contributed by atoms with van der Waals surface area (Å²) in [5.74, 6) is -0.110. The van der Waals surface area contributed by atoms with E-state index in [4.69, 9.17) is 10.5 Å². The first-order valence-corrected chi connectivity index (χ1v) is 6.43. The topological polar surface area (TPSA) is 64.3 Å². The van der Waals surface area contributed by atoms with Gasteiger partial charge in [-0.2, -0.15) is 0 Å². The predicted molar refractivity (Wildman–Crippen MR) is 69.9 cm³/mol. The van der Waals surface area contributed by atoms with Gasteiger partial charge in [0.2, 0.25) is 5.91 Å². The normalized spacial score (nSPS) is 24.1. The van der Waals surface area contributed by atoms with Gasteiger partial charge in [-0.15, -0.1) is 0 Å². The van der Waals surface area contributed by atoms with E-state index in [-0.39, 0.29) is 11.9 Å². The largest absolute Gasteiger partial charge is 0.378 e. The number of carbonyl (C=O) groups excluding carboxylic acids is 1. The number of hydrogen-bond donors (Lipinski definition) is 2. The molecule has 0 saturated heterocycles. The fourth-order valence-electron chi connectivity index (χ4n) is 2.16. The molecule has 0 spiro atoms. The zero-order valence-electron chi connectivity index (χ0n) is 10.6. The van der Waals surface area contributed by atoms with E-state index in [0.29, 0.717) is 6.10 Å². The van der Waals surface area contributed by atoms with Crippen LogP contribution in [-0.4, -0.2) is 24.7 Å². The number of nitrogens with two attached hydrogens (primary N) is 1. The number of ether oxygens (including phenoxy) is 1. The number of benzene rings is 1. The number of nitrogens with one attached hydrogen (secondary N) is 1. The highest BCUT2D eigenvalue weighted by Crippen LogP contribution is 2.23. The molecule has 4 nitrogen and oxygen atoms in total. The van der Waals surface area contributed by atoms with Crippen LogP contribution < -0.4 is 11.1 Å². The molecule has 1 aliphatic rings. The molecule has 2 rings (SSSR count). The molecule has 1 fully saturated rings. The van der Waals surface area contributed by atoms with Crippen LogP contribution in [0.2, 0.25) is 0 Å². The van der Waals surface area contributed by atoms with E-state index in [1.165, 1.54) is 0 Å². The van der Waals surface area contributed by atoms with Gasteiger partial charge in [0.1, 0.15) is 6.04 Å². The van der Waals surface area contributed by atoms with Crippen molar-refractivity contribution in [2.75, 3.05) is 6.61 Å². The van der Waals surface area contributed by atoms with Gasteiger partial charge in [0, 0.05) is 12.6 Å². The van der Waals surface area contributed by atoms with Gasteiger partial charge in [-0.1, -0.05) is 30.3 Å². The molecule has 1 saturated carbocycles. The first-order valence-electron chi connectivity index (χ1n) is 6.43. The zero-order chi connectivity index (χ0) is 13.0. The van der Waals surface area contributed by atoms with Gasteiger partial charge in [-0.05, 0) is 25.3 Å². The molecule has 1 aromatic carbocycles. The lowest BCUT2D eigenvalue weighted by atomic mass is 9.89. The molecule has 0 unspecified atom stereocenters. The molecule has 0 aromatic heterocycles. The van der Waals surface area contributed by atoms with Crippen molar-refractivity contribution in [3.05, 3.63) is 35.9 Å². The van der Waals surface area contributed by atoms with Gasteiger partial charge in [0.05, 0.1) is 6.10 Å². The summed E-state index contributed by atoms with van der Waals surface area (Å²) in [6.07, 6.45) is 2.08. The van der Waals surface area contributed by atoms with Crippen molar-refractivity contribution >= 4 is 5.91 Å². The van der Waals surface area contributed by atoms with E-state index in [2.05, 4.69) is 5.32 Å². The maximum atomic E-state index is 11.9. The van der Waals surface area contributed by atoms with Gasteiger partial charge in [0.15, 0.2) is 0 Å². The molecule has 0 radical (unpaired) electrons. The Labute approximate surface area is 108 Å². The third kappa shape index (κ3) is 3.09. The van der Waals surface area contributed by atoms with Gasteiger partial charge < -0.3 is 15.8 Å². The summed E-state index contributed by atoms with van der Waals surface area (Å²) >= 11 is 0. The van der Waals surface area contributed by atoms with Crippen LogP contribution in [-0.2, 0) is 9.53 Å². The van der Waals surface area contributed by atoms with Crippen LogP contribution in [0.1, 0.15) is 31.4 Å². The molecule has 1 amide bonds. The monoisotopic (exact) mass is 248 g/mol. The van der Waals surface area contributed by atoms with Gasteiger partial charge in [0.25, 0.3) is 0 Å². The van der Waals surface area contributed by atoms with Crippen molar-refractivity contribution in [1.82, 2.24) is 5.32 Å². The molecule has 4 heteroatoms. The lowest BCUT2D eigenvalue weighted by Gasteiger charge is -2.35. The smallest absolute Gasteiger partial charge is 0.241 e. The lowest BCUT2D eigenvalue weighted by molar-refractivity contribution is -0.125. The SMILES string of the molecule is CCOC1CC(NC(=O)[C@@H](N)c2ccccc2)C1. The standard InChI is InChI=1S/C14H20N2O2/c1-2-18-12-8-11(9-12)16-14(17)13(15)10-6-4-3-5-7-10/h3-7,11-13H,2,8-9,15H2,1H3,(H,16,17)/t11?,12?,13-/m0/s1. The van der Waals surface area contributed by atoms with E-state index in [0.717, 1.165) is 25.0 Å². The molecule has 1 aliphatic carbocycles. The van der Waals surface area contributed by atoms with Crippen LogP contribution in [0, 0.1) is 0 Å². The van der Waals surface area contributed by atoms with Crippen molar-refractivity contribution < 1.29 is 9.53 Å². The minimum absolute atomic E-state index is 0.110. The van der Waals surface area contributed by atoms with Crippen LogP contribution in [0.3, 0.4) is 0 Å². The third-order valence-electron chi connectivity index (χ3n) is 3.28. The summed E-state index contributed by atoms with van der Waals surface area (Å²) in [7, 11) is 0. The highest BCUT2D eigenvalue weighted by Gasteiger charge is 2.31. The van der Waals surface area contributed by atoms with Crippen molar-refractivity contribution in [2.24, 2.45) is 5.73 Å². The molecule has 0 bridgehead atoms. The molecule has 18 heavy (non-hydrogen) atoms. The summed E-state index contributed by atoms with van der Waals surface area (Å²) in [6.45, 7) is 2.71. The first-order chi connectivity index (χ1) is 8.70. The Balaban J connectivity index is 1.79. The van der Waals surface area contributed by atoms with Crippen molar-refractivity contribution in [1.29, 1.82) is 0 Å². The fraction of sp³-hybridized carbons (Fsp3) is 0.500. The molecule has 1 aromatic rings. The minimum atomic E-state index is -0.586. The minimum Gasteiger partial charge on any atom is -0.378 e. The van der Waals surface area contributed by atoms with Crippen LogP contribution in [0.25, 0.3) is 0 Å². The summed E-state index contributed by atoms with van der Waals surface area (Å²) in [6, 6.07) is 9.05. The molecule has 0 heterocycles. The third-order valence-corrected chi connectivity index (χ3v) is 3.28. The molecular weight excluding hydrogens is 228 g/mol. The van der Waals surface area contributed by atoms with Gasteiger partial charge in [-0.25, -0.2) is 0 Å². The second kappa shape index (κ2) is 5.98. The Kier molecular flexibility index (Phi) is 4.33. The Morgan fingerprint density at radius 3 is 2.72 bits per heavy atom. The number of amides is 1. The van der Waals surface area contributed by atoms with Crippen LogP contribution in [0.4, 0.5) is 0 Å². The van der Waals surface area contributed by atoms with Gasteiger partial charge >= 0.3 is 0 Å². The maximum Gasteiger partial charge on any atom is 0.241 e. The molecule has 1 atom stereocenters. The van der Waals surface area contributed by atoms with Crippen LogP contribution in [0.5, 0.6) is 0 Å². The van der Waals surface area contributed by atoms with E-state index < -0.39 is 6.04 Å². The summed E-state index contributed by atoms with van der Waals surface area (Å²) < 4.78 is 5.45. The number of rotatable bonds is 5. The Hall–Kier alpha value is -1.39. The molecule has 3 N–H and O–H groups in total. The Morgan fingerprint density at radius 2 is 2.11 bits per heavy atom. The molecular formula is C14H20N2O2. The first kappa shape index (κ1) is 13.1. The van der Waals surface area contributed by atoms with E-state index in [1.807, 2.05) is 37.3 Å². The average Bonchev–Trinajstić information content (AvgIpc) is 2.36. The highest BCUT2D eigenvalue weighted by atomic mass is 16.5. The number of hydrogen-bond acceptors (Lipinski definition) is 3. The van der Waals surface area contributed by atoms with Crippen LogP contribution in [0.15, 0.2) is 30.3 Å². The molecule has 0 aliphatic heterocycles. The number of carbonyl (C=O) groups is 1. The van der Waals surface area contributed by atoms with Crippen LogP contribution >= 0.6 is 0 Å². The van der Waals surface area contributed by atoms with Gasteiger partial charge in [-0.3, -0.25) is 4.79 Å². The van der Waals surface area contributed by atoms with E-state index >= 15 is 0 Å².